The highest BCUT2D eigenvalue weighted by Gasteiger charge is 2.37. The third-order valence-electron chi connectivity index (χ3n) is 2.99. The summed E-state index contributed by atoms with van der Waals surface area (Å²) < 4.78 is 0. The fourth-order valence-electron chi connectivity index (χ4n) is 1.89. The number of nitrogens with zero attached hydrogens (tertiary/aromatic N) is 1. The number of thiophene rings is 1. The second-order valence-electron chi connectivity index (χ2n) is 4.40. The van der Waals surface area contributed by atoms with Gasteiger partial charge in [-0.05, 0) is 23.1 Å². The summed E-state index contributed by atoms with van der Waals surface area (Å²) in [5.74, 6) is -2.42. The molecule has 1 atom stereocenters. The Hall–Kier alpha value is -2.48. The van der Waals surface area contributed by atoms with Crippen molar-refractivity contribution in [1.82, 2.24) is 10.2 Å². The Bertz CT molecular complexity index is 649. The summed E-state index contributed by atoms with van der Waals surface area (Å²) in [5.41, 5.74) is 0.449. The van der Waals surface area contributed by atoms with Gasteiger partial charge in [0.2, 0.25) is 5.91 Å². The van der Waals surface area contributed by atoms with Crippen molar-refractivity contribution >= 4 is 41.1 Å². The monoisotopic (exact) mass is 308 g/mol. The van der Waals surface area contributed by atoms with Crippen LogP contribution in [-0.2, 0) is 14.4 Å². The number of carboxylic acids is 1. The van der Waals surface area contributed by atoms with Crippen LogP contribution < -0.4 is 5.32 Å². The van der Waals surface area contributed by atoms with Gasteiger partial charge in [0.25, 0.3) is 11.8 Å². The summed E-state index contributed by atoms with van der Waals surface area (Å²) in [6, 6.07) is 0.737. The average molecular weight is 308 g/mol. The number of carboxylic acid groups (broad SMARTS) is 1. The van der Waals surface area contributed by atoms with E-state index in [1.807, 2.05) is 0 Å². The Morgan fingerprint density at radius 1 is 1.48 bits per heavy atom. The van der Waals surface area contributed by atoms with E-state index in [1.54, 1.807) is 11.4 Å². The topological polar surface area (TPSA) is 104 Å². The van der Waals surface area contributed by atoms with Crippen LogP contribution in [0.25, 0.3) is 6.08 Å². The number of nitrogens with one attached hydrogen (secondary N) is 1. The minimum absolute atomic E-state index is 0.0628. The molecule has 2 N–H and O–H groups in total. The second kappa shape index (κ2) is 5.88. The van der Waals surface area contributed by atoms with Crippen LogP contribution in [0.4, 0.5) is 0 Å². The maximum absolute atomic E-state index is 12.1. The van der Waals surface area contributed by atoms with E-state index in [0.29, 0.717) is 10.4 Å². The van der Waals surface area contributed by atoms with Crippen molar-refractivity contribution in [1.29, 1.82) is 0 Å². The summed E-state index contributed by atoms with van der Waals surface area (Å²) >= 11 is 1.13. The van der Waals surface area contributed by atoms with Gasteiger partial charge in [-0.15, -0.1) is 11.3 Å². The first-order valence-corrected chi connectivity index (χ1v) is 6.88. The SMILES string of the molecule is CN1C(=O)CC(NC(=O)c2sccc2C=CC(=O)O)C1=O. The molecule has 1 saturated heterocycles. The van der Waals surface area contributed by atoms with Crippen molar-refractivity contribution in [2.45, 2.75) is 12.5 Å². The van der Waals surface area contributed by atoms with Crippen LogP contribution in [-0.4, -0.2) is 46.8 Å². The lowest BCUT2D eigenvalue weighted by atomic mass is 10.2. The molecule has 1 aliphatic rings. The summed E-state index contributed by atoms with van der Waals surface area (Å²) in [6.07, 6.45) is 2.17. The van der Waals surface area contributed by atoms with Crippen LogP contribution in [0.2, 0.25) is 0 Å². The number of carbonyl (C=O) groups excluding carboxylic acids is 3. The molecular weight excluding hydrogens is 296 g/mol. The van der Waals surface area contributed by atoms with Crippen molar-refractivity contribution in [3.05, 3.63) is 28.0 Å². The standard InChI is InChI=1S/C13H12N2O5S/c1-15-9(16)6-8(13(15)20)14-12(19)11-7(4-5-21-11)2-3-10(17)18/h2-5,8H,6H2,1H3,(H,14,19)(H,17,18). The van der Waals surface area contributed by atoms with E-state index in [1.165, 1.54) is 13.1 Å². The van der Waals surface area contributed by atoms with Gasteiger partial charge in [0, 0.05) is 13.1 Å². The highest BCUT2D eigenvalue weighted by atomic mass is 32.1. The molecule has 0 saturated carbocycles. The number of hydrogen-bond donors (Lipinski definition) is 2. The van der Waals surface area contributed by atoms with E-state index >= 15 is 0 Å². The first-order valence-electron chi connectivity index (χ1n) is 6.00. The molecule has 0 spiro atoms. The molecule has 1 aromatic rings. The van der Waals surface area contributed by atoms with Gasteiger partial charge < -0.3 is 10.4 Å². The Kier molecular flexibility index (Phi) is 4.18. The van der Waals surface area contributed by atoms with E-state index in [4.69, 9.17) is 5.11 Å². The fourth-order valence-corrected chi connectivity index (χ4v) is 2.68. The zero-order chi connectivity index (χ0) is 15.6. The minimum Gasteiger partial charge on any atom is -0.478 e. The minimum atomic E-state index is -1.12. The van der Waals surface area contributed by atoms with Crippen LogP contribution in [0.5, 0.6) is 0 Å². The second-order valence-corrected chi connectivity index (χ2v) is 5.31. The molecule has 8 heteroatoms. The third-order valence-corrected chi connectivity index (χ3v) is 3.92. The Labute approximate surface area is 123 Å². The van der Waals surface area contributed by atoms with E-state index in [9.17, 15) is 19.2 Å². The summed E-state index contributed by atoms with van der Waals surface area (Å²) in [7, 11) is 1.36. The molecule has 1 aliphatic heterocycles. The number of hydrogen-bond acceptors (Lipinski definition) is 5. The van der Waals surface area contributed by atoms with Gasteiger partial charge in [-0.25, -0.2) is 4.79 Å². The third kappa shape index (κ3) is 3.16. The molecule has 110 valence electrons. The predicted molar refractivity (Wildman–Crippen MR) is 74.6 cm³/mol. The smallest absolute Gasteiger partial charge is 0.328 e. The highest BCUT2D eigenvalue weighted by molar-refractivity contribution is 7.12. The van der Waals surface area contributed by atoms with Gasteiger partial charge in [0.15, 0.2) is 0 Å². The van der Waals surface area contributed by atoms with E-state index in [2.05, 4.69) is 5.32 Å². The van der Waals surface area contributed by atoms with Crippen LogP contribution in [0.15, 0.2) is 17.5 Å². The number of carbonyl (C=O) groups is 4. The normalized spacial score (nSPS) is 18.5. The molecule has 0 aromatic carbocycles. The lowest BCUT2D eigenvalue weighted by Crippen LogP contribution is -2.40. The van der Waals surface area contributed by atoms with Crippen molar-refractivity contribution in [2.24, 2.45) is 0 Å². The van der Waals surface area contributed by atoms with Crippen molar-refractivity contribution < 1.29 is 24.3 Å². The van der Waals surface area contributed by atoms with Gasteiger partial charge in [-0.1, -0.05) is 0 Å². The van der Waals surface area contributed by atoms with Crippen LogP contribution >= 0.6 is 11.3 Å². The number of likely N-dealkylation sites (N-methyl/N-ethyl adjacent to an activating group) is 1. The van der Waals surface area contributed by atoms with E-state index < -0.39 is 23.8 Å². The average Bonchev–Trinajstić information content (AvgIpc) is 2.98. The molecule has 0 radical (unpaired) electrons. The van der Waals surface area contributed by atoms with E-state index in [-0.39, 0.29) is 12.3 Å². The number of likely N-dealkylation sites (tertiary alicyclic amines) is 1. The molecule has 0 aliphatic carbocycles. The maximum atomic E-state index is 12.1. The molecule has 1 fully saturated rings. The quantitative estimate of drug-likeness (QED) is 0.616. The molecule has 3 amide bonds. The lowest BCUT2D eigenvalue weighted by molar-refractivity contribution is -0.137. The number of imide groups is 1. The molecular formula is C13H12N2O5S. The van der Waals surface area contributed by atoms with Crippen LogP contribution in [0.1, 0.15) is 21.7 Å². The first kappa shape index (κ1) is 14.9. The zero-order valence-electron chi connectivity index (χ0n) is 11.0. The lowest BCUT2D eigenvalue weighted by Gasteiger charge is -2.10. The number of rotatable bonds is 4. The molecule has 1 unspecified atom stereocenters. The Morgan fingerprint density at radius 3 is 2.76 bits per heavy atom. The molecule has 21 heavy (non-hydrogen) atoms. The van der Waals surface area contributed by atoms with Gasteiger partial charge in [-0.3, -0.25) is 19.3 Å². The van der Waals surface area contributed by atoms with Crippen LogP contribution in [0.3, 0.4) is 0 Å². The summed E-state index contributed by atoms with van der Waals surface area (Å²) in [6.45, 7) is 0. The van der Waals surface area contributed by atoms with Crippen molar-refractivity contribution in [3.63, 3.8) is 0 Å². The van der Waals surface area contributed by atoms with Gasteiger partial charge >= 0.3 is 5.97 Å². The van der Waals surface area contributed by atoms with Crippen molar-refractivity contribution in [2.75, 3.05) is 7.05 Å². The molecule has 1 aromatic heterocycles. The highest BCUT2D eigenvalue weighted by Crippen LogP contribution is 2.19. The Balaban J connectivity index is 2.12. The largest absolute Gasteiger partial charge is 0.478 e. The van der Waals surface area contributed by atoms with Gasteiger partial charge in [0.1, 0.15) is 6.04 Å². The number of aliphatic carboxylic acids is 1. The molecule has 0 bridgehead atoms. The van der Waals surface area contributed by atoms with Gasteiger partial charge in [-0.2, -0.15) is 0 Å². The molecule has 7 nitrogen and oxygen atoms in total. The molecule has 2 heterocycles. The first-order chi connectivity index (χ1) is 9.90. The van der Waals surface area contributed by atoms with Crippen LogP contribution in [0, 0.1) is 0 Å². The van der Waals surface area contributed by atoms with Crippen molar-refractivity contribution in [3.8, 4) is 0 Å². The zero-order valence-corrected chi connectivity index (χ0v) is 11.8. The summed E-state index contributed by atoms with van der Waals surface area (Å²) in [4.78, 5) is 47.0. The Morgan fingerprint density at radius 2 is 2.19 bits per heavy atom. The maximum Gasteiger partial charge on any atom is 0.328 e. The number of amides is 3. The fraction of sp³-hybridized carbons (Fsp3) is 0.231. The molecule has 2 rings (SSSR count). The summed E-state index contributed by atoms with van der Waals surface area (Å²) in [5, 5.41) is 12.7. The van der Waals surface area contributed by atoms with E-state index in [0.717, 1.165) is 22.3 Å². The predicted octanol–water partition coefficient (Wildman–Crippen LogP) is 0.333. The van der Waals surface area contributed by atoms with Gasteiger partial charge in [0.05, 0.1) is 11.3 Å².